The smallest absolute Gasteiger partial charge is 0.393 e. The molecule has 1 aromatic carbocycles. The number of aliphatic carboxylic acids is 1. The molecule has 0 fully saturated rings. The van der Waals surface area contributed by atoms with Crippen LogP contribution in [0.3, 0.4) is 0 Å². The summed E-state index contributed by atoms with van der Waals surface area (Å²) in [5.41, 5.74) is 4.83. The van der Waals surface area contributed by atoms with Gasteiger partial charge in [0.1, 0.15) is 5.82 Å². The molecule has 9 heteroatoms. The highest BCUT2D eigenvalue weighted by molar-refractivity contribution is 5.95. The molecular formula is C18H24F4N2O3. The molecular weight excluding hydrogens is 368 g/mol. The van der Waals surface area contributed by atoms with Crippen LogP contribution in [-0.2, 0) is 16.0 Å². The van der Waals surface area contributed by atoms with Gasteiger partial charge in [-0.3, -0.25) is 9.59 Å². The molecule has 0 saturated carbocycles. The second-order valence-electron chi connectivity index (χ2n) is 7.62. The zero-order chi connectivity index (χ0) is 21.2. The molecule has 0 radical (unpaired) electrons. The molecule has 0 spiro atoms. The van der Waals surface area contributed by atoms with E-state index < -0.39 is 47.2 Å². The van der Waals surface area contributed by atoms with Gasteiger partial charge in [0, 0.05) is 0 Å². The van der Waals surface area contributed by atoms with Crippen molar-refractivity contribution in [2.24, 2.45) is 23.0 Å². The van der Waals surface area contributed by atoms with Crippen molar-refractivity contribution in [3.63, 3.8) is 0 Å². The zero-order valence-electron chi connectivity index (χ0n) is 15.5. The van der Waals surface area contributed by atoms with Crippen molar-refractivity contribution in [1.82, 2.24) is 0 Å². The lowest BCUT2D eigenvalue weighted by Gasteiger charge is -2.27. The Morgan fingerprint density at radius 1 is 1.22 bits per heavy atom. The van der Waals surface area contributed by atoms with Crippen LogP contribution >= 0.6 is 0 Å². The molecule has 0 aliphatic rings. The Bertz CT molecular complexity index is 699. The number of hydrogen-bond donors (Lipinski definition) is 3. The molecule has 0 aliphatic carbocycles. The molecule has 4 N–H and O–H groups in total. The third kappa shape index (κ3) is 6.20. The molecule has 0 saturated heterocycles. The first-order valence-corrected chi connectivity index (χ1v) is 8.29. The number of anilines is 1. The number of benzene rings is 1. The summed E-state index contributed by atoms with van der Waals surface area (Å²) >= 11 is 0. The summed E-state index contributed by atoms with van der Waals surface area (Å²) in [6, 6.07) is 1.69. The fourth-order valence-corrected chi connectivity index (χ4v) is 2.44. The maximum Gasteiger partial charge on any atom is 0.393 e. The monoisotopic (exact) mass is 392 g/mol. The first kappa shape index (κ1) is 22.9. The number of carbonyl (C=O) groups is 2. The van der Waals surface area contributed by atoms with Crippen LogP contribution in [0.4, 0.5) is 23.2 Å². The molecule has 152 valence electrons. The van der Waals surface area contributed by atoms with Crippen LogP contribution in [0.1, 0.15) is 33.3 Å². The Kier molecular flexibility index (Phi) is 6.99. The van der Waals surface area contributed by atoms with E-state index in [4.69, 9.17) is 5.73 Å². The van der Waals surface area contributed by atoms with E-state index in [2.05, 4.69) is 5.32 Å². The van der Waals surface area contributed by atoms with Crippen LogP contribution in [0.15, 0.2) is 18.2 Å². The number of carbonyl (C=O) groups excluding carboxylic acids is 1. The van der Waals surface area contributed by atoms with Crippen LogP contribution in [0, 0.1) is 23.1 Å². The van der Waals surface area contributed by atoms with Gasteiger partial charge in [-0.05, 0) is 29.5 Å². The number of rotatable bonds is 6. The highest BCUT2D eigenvalue weighted by Gasteiger charge is 2.42. The lowest BCUT2D eigenvalue weighted by molar-refractivity contribution is -0.176. The molecule has 0 bridgehead atoms. The largest absolute Gasteiger partial charge is 0.481 e. The second-order valence-corrected chi connectivity index (χ2v) is 7.62. The van der Waals surface area contributed by atoms with Crippen molar-refractivity contribution >= 4 is 17.6 Å². The minimum absolute atomic E-state index is 0.0625. The van der Waals surface area contributed by atoms with Crippen LogP contribution in [0.25, 0.3) is 0 Å². The number of carboxylic acid groups (broad SMARTS) is 1. The van der Waals surface area contributed by atoms with Gasteiger partial charge < -0.3 is 16.2 Å². The summed E-state index contributed by atoms with van der Waals surface area (Å²) < 4.78 is 52.0. The van der Waals surface area contributed by atoms with E-state index in [-0.39, 0.29) is 12.1 Å². The Balaban J connectivity index is 3.02. The fraction of sp³-hybridized carbons (Fsp3) is 0.556. The van der Waals surface area contributed by atoms with Crippen molar-refractivity contribution in [3.05, 3.63) is 29.6 Å². The Labute approximate surface area is 154 Å². The van der Waals surface area contributed by atoms with Crippen molar-refractivity contribution in [2.45, 2.75) is 46.3 Å². The highest BCUT2D eigenvalue weighted by Crippen LogP contribution is 2.31. The minimum Gasteiger partial charge on any atom is -0.481 e. The fourth-order valence-electron chi connectivity index (χ4n) is 2.44. The standard InChI is InChI=1S/C18H24F4N2O3/c1-9(18(20,21)22)14(23)15(25)24-13-8-10(5-6-12(13)19)7-11(16(26)27)17(2,3)4/h5-6,8-9,11,14H,7,23H2,1-4H3,(H,24,25)(H,26,27)/t9-,11?,14-/m1/s1. The molecule has 5 nitrogen and oxygen atoms in total. The van der Waals surface area contributed by atoms with Crippen LogP contribution in [0.5, 0.6) is 0 Å². The highest BCUT2D eigenvalue weighted by atomic mass is 19.4. The predicted octanol–water partition coefficient (Wildman–Crippen LogP) is 3.58. The molecule has 0 heterocycles. The number of halogens is 4. The average molecular weight is 392 g/mol. The molecule has 1 amide bonds. The Morgan fingerprint density at radius 3 is 2.22 bits per heavy atom. The lowest BCUT2D eigenvalue weighted by atomic mass is 9.77. The van der Waals surface area contributed by atoms with E-state index in [0.29, 0.717) is 5.56 Å². The van der Waals surface area contributed by atoms with Gasteiger partial charge in [0.25, 0.3) is 0 Å². The molecule has 1 rings (SSSR count). The molecule has 1 unspecified atom stereocenters. The summed E-state index contributed by atoms with van der Waals surface area (Å²) in [5.74, 6) is -5.96. The quantitative estimate of drug-likeness (QED) is 0.645. The van der Waals surface area contributed by atoms with Gasteiger partial charge in [-0.2, -0.15) is 13.2 Å². The predicted molar refractivity (Wildman–Crippen MR) is 92.5 cm³/mol. The van der Waals surface area contributed by atoms with Gasteiger partial charge in [-0.15, -0.1) is 0 Å². The van der Waals surface area contributed by atoms with Gasteiger partial charge in [0.05, 0.1) is 23.6 Å². The minimum atomic E-state index is -4.67. The van der Waals surface area contributed by atoms with Gasteiger partial charge in [-0.1, -0.05) is 33.8 Å². The van der Waals surface area contributed by atoms with Gasteiger partial charge in [-0.25, -0.2) is 4.39 Å². The summed E-state index contributed by atoms with van der Waals surface area (Å²) in [6.07, 6.45) is -4.61. The average Bonchev–Trinajstić information content (AvgIpc) is 2.51. The number of alkyl halides is 3. The maximum atomic E-state index is 14.0. The third-order valence-electron chi connectivity index (χ3n) is 4.43. The van der Waals surface area contributed by atoms with Gasteiger partial charge in [0.15, 0.2) is 0 Å². The molecule has 3 atom stereocenters. The van der Waals surface area contributed by atoms with E-state index in [0.717, 1.165) is 13.0 Å². The van der Waals surface area contributed by atoms with E-state index >= 15 is 0 Å². The second kappa shape index (κ2) is 8.24. The van der Waals surface area contributed by atoms with Gasteiger partial charge in [0.2, 0.25) is 5.91 Å². The van der Waals surface area contributed by atoms with Crippen molar-refractivity contribution in [1.29, 1.82) is 0 Å². The van der Waals surface area contributed by atoms with Crippen molar-refractivity contribution in [2.75, 3.05) is 5.32 Å². The molecule has 0 aromatic heterocycles. The molecule has 1 aromatic rings. The topological polar surface area (TPSA) is 92.4 Å². The van der Waals surface area contributed by atoms with Crippen LogP contribution < -0.4 is 11.1 Å². The van der Waals surface area contributed by atoms with Gasteiger partial charge >= 0.3 is 12.1 Å². The summed E-state index contributed by atoms with van der Waals surface area (Å²) in [6.45, 7) is 6.00. The van der Waals surface area contributed by atoms with Crippen LogP contribution in [0.2, 0.25) is 0 Å². The summed E-state index contributed by atoms with van der Waals surface area (Å²) in [7, 11) is 0. The number of hydrogen-bond acceptors (Lipinski definition) is 3. The van der Waals surface area contributed by atoms with E-state index in [1.54, 1.807) is 20.8 Å². The third-order valence-corrected chi connectivity index (χ3v) is 4.43. The first-order valence-electron chi connectivity index (χ1n) is 8.29. The lowest BCUT2D eigenvalue weighted by Crippen LogP contribution is -2.46. The van der Waals surface area contributed by atoms with Crippen LogP contribution in [-0.4, -0.2) is 29.2 Å². The van der Waals surface area contributed by atoms with Crippen molar-refractivity contribution in [3.8, 4) is 0 Å². The normalized spacial score (nSPS) is 15.7. The van der Waals surface area contributed by atoms with E-state index in [1.165, 1.54) is 12.1 Å². The zero-order valence-corrected chi connectivity index (χ0v) is 15.5. The summed E-state index contributed by atoms with van der Waals surface area (Å²) in [4.78, 5) is 23.4. The number of nitrogens with two attached hydrogens (primary N) is 1. The summed E-state index contributed by atoms with van der Waals surface area (Å²) in [5, 5.41) is 11.4. The number of nitrogens with one attached hydrogen (secondary N) is 1. The number of amides is 1. The Morgan fingerprint density at radius 2 is 1.78 bits per heavy atom. The maximum absolute atomic E-state index is 14.0. The first-order chi connectivity index (χ1) is 12.1. The SMILES string of the molecule is C[C@H]([C@@H](N)C(=O)Nc1cc(CC(C(=O)O)C(C)(C)C)ccc1F)C(F)(F)F. The number of carboxylic acids is 1. The van der Waals surface area contributed by atoms with Crippen molar-refractivity contribution < 1.29 is 32.3 Å². The Hall–Kier alpha value is -2.16. The van der Waals surface area contributed by atoms with E-state index in [1.807, 2.05) is 0 Å². The van der Waals surface area contributed by atoms with E-state index in [9.17, 15) is 32.3 Å². The molecule has 27 heavy (non-hydrogen) atoms. The molecule has 0 aliphatic heterocycles.